The monoisotopic (exact) mass is 499 g/mol. The van der Waals surface area contributed by atoms with Gasteiger partial charge in [-0.05, 0) is 60.1 Å². The molecule has 3 rings (SSSR count). The van der Waals surface area contributed by atoms with Gasteiger partial charge in [0.05, 0.1) is 0 Å². The van der Waals surface area contributed by atoms with Crippen molar-refractivity contribution < 1.29 is 0 Å². The topological polar surface area (TPSA) is 52.0 Å². The molecular formula is C19H23B20N2. The first-order valence-corrected chi connectivity index (χ1v) is 14.4. The number of nitrogen functional groups attached to an aromatic ring is 2. The molecule has 1 fully saturated rings. The van der Waals surface area contributed by atoms with Crippen LogP contribution in [0.4, 0.5) is 11.4 Å². The van der Waals surface area contributed by atoms with Crippen LogP contribution in [0.3, 0.4) is 0 Å². The van der Waals surface area contributed by atoms with E-state index in [0.717, 1.165) is 37.7 Å². The summed E-state index contributed by atoms with van der Waals surface area (Å²) in [6.45, 7) is -0.243. The zero-order valence-corrected chi connectivity index (χ0v) is 23.9. The Hall–Kier alpha value is -0.661. The van der Waals surface area contributed by atoms with Crippen LogP contribution in [0.25, 0.3) is 0 Å². The van der Waals surface area contributed by atoms with Gasteiger partial charge in [-0.1, -0.05) is 42.9 Å². The number of benzene rings is 2. The van der Waals surface area contributed by atoms with Gasteiger partial charge in [0.2, 0.25) is 0 Å². The molecule has 0 unspecified atom stereocenters. The second-order valence-electron chi connectivity index (χ2n) is 11.9. The Balaban J connectivity index is 1.82. The van der Waals surface area contributed by atoms with E-state index in [4.69, 9.17) is 88.8 Å². The Kier molecular flexibility index (Phi) is 13.5. The molecule has 0 saturated heterocycles. The van der Waals surface area contributed by atoms with Gasteiger partial charge in [-0.25, -0.2) is 0 Å². The molecule has 22 heteroatoms. The molecule has 2 nitrogen and oxygen atoms in total. The molecule has 41 heavy (non-hydrogen) atoms. The molecule has 0 aromatic heterocycles. The number of hydrogen-bond donors (Lipinski definition) is 2. The first kappa shape index (κ1) is 34.8. The lowest BCUT2D eigenvalue weighted by Crippen LogP contribution is -2.80. The fourth-order valence-corrected chi connectivity index (χ4v) is 7.15. The number of hydrogen-bond acceptors (Lipinski definition) is 2. The third-order valence-corrected chi connectivity index (χ3v) is 8.99. The zero-order chi connectivity index (χ0) is 30.4. The van der Waals surface area contributed by atoms with Crippen molar-refractivity contribution in [1.29, 1.82) is 0 Å². The van der Waals surface area contributed by atoms with Crippen LogP contribution >= 0.6 is 0 Å². The highest BCUT2D eigenvalue weighted by Crippen LogP contribution is 2.41. The Bertz CT molecular complexity index is 1040. The summed E-state index contributed by atoms with van der Waals surface area (Å²) < 4.78 is 0. The van der Waals surface area contributed by atoms with Gasteiger partial charge < -0.3 is 11.5 Å². The van der Waals surface area contributed by atoms with Gasteiger partial charge in [0.25, 0.3) is 0 Å². The zero-order valence-electron chi connectivity index (χ0n) is 23.9. The van der Waals surface area contributed by atoms with Crippen LogP contribution in [0.5, 0.6) is 0 Å². The Morgan fingerprint density at radius 1 is 0.634 bits per heavy atom. The molecule has 0 aliphatic heterocycles. The SMILES string of the molecule is [B][B]B([B])B(B(B([B])[B])B([B])[B])B(B(B([B])[B])B([B])[B])C1CCC(c2ccc(Cc3cc(N)cc(N)c3)cc2)CC1. The van der Waals surface area contributed by atoms with Crippen molar-refractivity contribution in [1.82, 2.24) is 0 Å². The van der Waals surface area contributed by atoms with Gasteiger partial charge in [0, 0.05) is 153 Å². The van der Waals surface area contributed by atoms with Gasteiger partial charge in [0.15, 0.2) is 0 Å². The number of nitrogens with two attached hydrogens (primary N) is 2. The first-order chi connectivity index (χ1) is 19.3. The third-order valence-electron chi connectivity index (χ3n) is 8.99. The van der Waals surface area contributed by atoms with Crippen LogP contribution in [0.15, 0.2) is 42.5 Å². The maximum Gasteiger partial charge on any atom is 0.0491 e. The minimum absolute atomic E-state index is 0.143. The van der Waals surface area contributed by atoms with Crippen LogP contribution in [0, 0.1) is 0 Å². The lowest BCUT2D eigenvalue weighted by Gasteiger charge is -2.48. The summed E-state index contributed by atoms with van der Waals surface area (Å²) in [6, 6.07) is 14.4. The van der Waals surface area contributed by atoms with E-state index in [9.17, 15) is 0 Å². The number of rotatable bonds is 13. The molecular weight excluding hydrogens is 472 g/mol. The number of anilines is 2. The van der Waals surface area contributed by atoms with Crippen molar-refractivity contribution >= 4 is 153 Å². The van der Waals surface area contributed by atoms with Crippen molar-refractivity contribution in [3.63, 3.8) is 0 Å². The minimum atomic E-state index is -0.837. The van der Waals surface area contributed by atoms with E-state index in [1.807, 2.05) is 12.1 Å². The van der Waals surface area contributed by atoms with E-state index >= 15 is 0 Å². The summed E-state index contributed by atoms with van der Waals surface area (Å²) in [5, 5.41) is 0. The summed E-state index contributed by atoms with van der Waals surface area (Å²) in [6.07, 6.45) is -0.890. The molecule has 0 spiro atoms. The largest absolute Gasteiger partial charge is 0.399 e. The van der Waals surface area contributed by atoms with Crippen LogP contribution in [-0.4, -0.2) is 142 Å². The predicted molar refractivity (Wildman–Crippen MR) is 205 cm³/mol. The van der Waals surface area contributed by atoms with Crippen LogP contribution < -0.4 is 11.5 Å². The lowest BCUT2D eigenvalue weighted by atomic mass is 8.41. The van der Waals surface area contributed by atoms with Gasteiger partial charge >= 0.3 is 0 Å². The van der Waals surface area contributed by atoms with Gasteiger partial charge in [-0.2, -0.15) is 0 Å². The van der Waals surface area contributed by atoms with Crippen molar-refractivity contribution in [3.8, 4) is 0 Å². The van der Waals surface area contributed by atoms with Crippen molar-refractivity contribution in [3.05, 3.63) is 59.2 Å². The quantitative estimate of drug-likeness (QED) is 0.228. The predicted octanol–water partition coefficient (Wildman–Crippen LogP) is -3.18. The van der Waals surface area contributed by atoms with Gasteiger partial charge in [-0.3, -0.25) is 0 Å². The molecule has 0 amide bonds. The maximum absolute atomic E-state index is 6.56. The van der Waals surface area contributed by atoms with Crippen LogP contribution in [0.1, 0.15) is 48.3 Å². The summed E-state index contributed by atoms with van der Waals surface area (Å²) in [5.41, 5.74) is 16.8. The van der Waals surface area contributed by atoms with E-state index in [0.29, 0.717) is 17.3 Å². The molecule has 4 N–H and O–H groups in total. The van der Waals surface area contributed by atoms with E-state index in [1.165, 1.54) is 18.2 Å². The van der Waals surface area contributed by atoms with Crippen molar-refractivity contribution in [2.75, 3.05) is 11.5 Å². The summed E-state index contributed by atoms with van der Waals surface area (Å²) >= 11 is 0. The van der Waals surface area contributed by atoms with Crippen LogP contribution in [0.2, 0.25) is 5.82 Å². The maximum atomic E-state index is 6.56. The average molecular weight is 496 g/mol. The molecule has 1 aliphatic carbocycles. The molecule has 0 atom stereocenters. The van der Waals surface area contributed by atoms with Gasteiger partial charge in [0.1, 0.15) is 0 Å². The Morgan fingerprint density at radius 3 is 1.56 bits per heavy atom. The highest BCUT2D eigenvalue weighted by atomic mass is 14.6. The molecule has 0 bridgehead atoms. The summed E-state index contributed by atoms with van der Waals surface area (Å²) in [7, 11) is 63.8. The van der Waals surface area contributed by atoms with Crippen molar-refractivity contribution in [2.24, 2.45) is 0 Å². The first-order valence-electron chi connectivity index (χ1n) is 14.4. The average Bonchev–Trinajstić information content (AvgIpc) is 2.89. The van der Waals surface area contributed by atoms with Gasteiger partial charge in [-0.15, -0.1) is 0 Å². The standard InChI is InChI=1S/C19H23B20N2/c20-30-36(29)38(39(34(25)26)35(27)28)31(37(32(21)22)33(23)24)17-7-5-16(6-8-17)15-3-1-13(2-4-15)9-14-10-18(40)12-19(41)11-14/h1-4,10-12,16-17H,5-9,40-41H2. The lowest BCUT2D eigenvalue weighted by molar-refractivity contribution is 0.442. The van der Waals surface area contributed by atoms with E-state index in [1.54, 1.807) is 6.07 Å². The molecule has 1 aliphatic rings. The van der Waals surface area contributed by atoms with E-state index < -0.39 is 51.1 Å². The molecule has 0 heterocycles. The Labute approximate surface area is 266 Å². The van der Waals surface area contributed by atoms with E-state index in [-0.39, 0.29) is 12.3 Å². The van der Waals surface area contributed by atoms with E-state index in [2.05, 4.69) is 24.3 Å². The van der Waals surface area contributed by atoms with Crippen molar-refractivity contribution in [2.45, 2.75) is 43.8 Å². The highest BCUT2D eigenvalue weighted by molar-refractivity contribution is 8.15. The molecule has 1 saturated carbocycles. The summed E-state index contributed by atoms with van der Waals surface area (Å²) in [5.74, 6) is 0.544. The summed E-state index contributed by atoms with van der Waals surface area (Å²) in [4.78, 5) is 0. The highest BCUT2D eigenvalue weighted by Gasteiger charge is 2.49. The molecule has 21 radical (unpaired) electrons. The second-order valence-corrected chi connectivity index (χ2v) is 11.9. The fraction of sp³-hybridized carbons (Fsp3) is 0.368. The normalized spacial score (nSPS) is 16.2. The molecule has 169 valence electrons. The molecule has 2 aromatic carbocycles. The second kappa shape index (κ2) is 15.9. The molecule has 2 aromatic rings. The third kappa shape index (κ3) is 9.17. The minimum Gasteiger partial charge on any atom is -0.399 e. The fourth-order valence-electron chi connectivity index (χ4n) is 7.15. The smallest absolute Gasteiger partial charge is 0.0491 e. The Morgan fingerprint density at radius 2 is 1.12 bits per heavy atom. The van der Waals surface area contributed by atoms with Crippen LogP contribution in [-0.2, 0) is 6.42 Å².